The van der Waals surface area contributed by atoms with Crippen LogP contribution in [0.15, 0.2) is 6.33 Å². The summed E-state index contributed by atoms with van der Waals surface area (Å²) in [6.07, 6.45) is 5.35. The minimum absolute atomic E-state index is 0.00171. The van der Waals surface area contributed by atoms with Gasteiger partial charge >= 0.3 is 5.69 Å². The van der Waals surface area contributed by atoms with E-state index in [-0.39, 0.29) is 16.7 Å². The van der Waals surface area contributed by atoms with Gasteiger partial charge in [-0.25, -0.2) is 9.97 Å². The first-order valence-corrected chi connectivity index (χ1v) is 7.61. The Balaban J connectivity index is 2.44. The third-order valence-corrected chi connectivity index (χ3v) is 4.03. The van der Waals surface area contributed by atoms with Crippen molar-refractivity contribution in [2.75, 3.05) is 16.8 Å². The number of hydrogen-bond acceptors (Lipinski definition) is 6. The molecule has 0 bridgehead atoms. The number of aromatic nitrogens is 2. The summed E-state index contributed by atoms with van der Waals surface area (Å²) in [4.78, 5) is 21.5. The predicted octanol–water partition coefficient (Wildman–Crippen LogP) is 2.97. The fourth-order valence-corrected chi connectivity index (χ4v) is 2.95. The Kier molecular flexibility index (Phi) is 4.93. The maximum atomic E-state index is 11.5. The molecule has 7 nitrogen and oxygen atoms in total. The molecule has 0 spiro atoms. The molecule has 2 rings (SSSR count). The van der Waals surface area contributed by atoms with Crippen LogP contribution in [0.5, 0.6) is 0 Å². The minimum atomic E-state index is -0.370. The molecule has 1 aliphatic rings. The molecule has 1 aromatic rings. The highest BCUT2D eigenvalue weighted by Gasteiger charge is 2.36. The van der Waals surface area contributed by atoms with Crippen LogP contribution in [0.2, 0.25) is 0 Å². The van der Waals surface area contributed by atoms with E-state index < -0.39 is 0 Å². The summed E-state index contributed by atoms with van der Waals surface area (Å²) in [5.74, 6) is 0.770. The smallest absolute Gasteiger partial charge is 0.353 e. The van der Waals surface area contributed by atoms with E-state index >= 15 is 0 Å². The third-order valence-electron chi connectivity index (χ3n) is 4.03. The van der Waals surface area contributed by atoms with Crippen LogP contribution >= 0.6 is 0 Å². The number of anilines is 2. The van der Waals surface area contributed by atoms with Crippen LogP contribution in [0.1, 0.15) is 46.5 Å². The van der Waals surface area contributed by atoms with E-state index in [2.05, 4.69) is 34.0 Å². The van der Waals surface area contributed by atoms with E-state index in [1.54, 1.807) is 0 Å². The number of nitrogens with one attached hydrogen (secondary N) is 1. The van der Waals surface area contributed by atoms with E-state index in [0.29, 0.717) is 24.2 Å². The molecule has 0 amide bonds. The molecule has 116 valence electrons. The zero-order valence-corrected chi connectivity index (χ0v) is 12.9. The summed E-state index contributed by atoms with van der Waals surface area (Å²) < 4.78 is 0. The van der Waals surface area contributed by atoms with Gasteiger partial charge in [0.25, 0.3) is 0 Å². The van der Waals surface area contributed by atoms with Crippen LogP contribution in [-0.4, -0.2) is 33.5 Å². The Hall–Kier alpha value is -1.92. The van der Waals surface area contributed by atoms with Crippen molar-refractivity contribution >= 4 is 17.3 Å². The van der Waals surface area contributed by atoms with Crippen LogP contribution in [0, 0.1) is 10.1 Å². The molecule has 7 heteroatoms. The van der Waals surface area contributed by atoms with Crippen LogP contribution in [0.4, 0.5) is 17.3 Å². The highest BCUT2D eigenvalue weighted by atomic mass is 16.6. The fourth-order valence-electron chi connectivity index (χ4n) is 2.95. The van der Waals surface area contributed by atoms with Crippen molar-refractivity contribution in [2.24, 2.45) is 0 Å². The van der Waals surface area contributed by atoms with Crippen LogP contribution < -0.4 is 10.2 Å². The molecule has 1 fully saturated rings. The van der Waals surface area contributed by atoms with Gasteiger partial charge in [0.15, 0.2) is 0 Å². The summed E-state index contributed by atoms with van der Waals surface area (Å²) >= 11 is 0. The molecule has 1 N–H and O–H groups in total. The van der Waals surface area contributed by atoms with Gasteiger partial charge in [0.2, 0.25) is 11.6 Å². The largest absolute Gasteiger partial charge is 0.364 e. The first-order chi connectivity index (χ1) is 10.1. The lowest BCUT2D eigenvalue weighted by atomic mass is 10.1. The highest BCUT2D eigenvalue weighted by Crippen LogP contribution is 2.38. The lowest BCUT2D eigenvalue weighted by Gasteiger charge is -2.28. The monoisotopic (exact) mass is 293 g/mol. The SMILES string of the molecule is CCCNc1ncnc(N2C(C)CCC2CC)c1[N+](=O)[O-]. The van der Waals surface area contributed by atoms with Crippen molar-refractivity contribution in [1.82, 2.24) is 9.97 Å². The molecule has 2 heterocycles. The summed E-state index contributed by atoms with van der Waals surface area (Å²) in [7, 11) is 0. The van der Waals surface area contributed by atoms with Crippen LogP contribution in [0.25, 0.3) is 0 Å². The summed E-state index contributed by atoms with van der Waals surface area (Å²) in [5.41, 5.74) is -0.00171. The molecule has 0 radical (unpaired) electrons. The van der Waals surface area contributed by atoms with Crippen molar-refractivity contribution < 1.29 is 4.92 Å². The second-order valence-electron chi connectivity index (χ2n) is 5.47. The Bertz CT molecular complexity index is 508. The van der Waals surface area contributed by atoms with Crippen molar-refractivity contribution in [3.05, 3.63) is 16.4 Å². The standard InChI is InChI=1S/C14H23N5O2/c1-4-8-15-13-12(19(20)21)14(17-9-16-13)18-10(3)6-7-11(18)5-2/h9-11H,4-8H2,1-3H3,(H,15,16,17). The molecule has 1 aromatic heterocycles. The highest BCUT2D eigenvalue weighted by molar-refractivity contribution is 5.71. The third kappa shape index (κ3) is 3.06. The molecule has 0 saturated carbocycles. The molecule has 1 aliphatic heterocycles. The van der Waals surface area contributed by atoms with Gasteiger partial charge in [-0.15, -0.1) is 0 Å². The Morgan fingerprint density at radius 2 is 2.19 bits per heavy atom. The van der Waals surface area contributed by atoms with E-state index in [4.69, 9.17) is 0 Å². The average Bonchev–Trinajstić information content (AvgIpc) is 2.85. The van der Waals surface area contributed by atoms with Gasteiger partial charge in [-0.1, -0.05) is 13.8 Å². The number of hydrogen-bond donors (Lipinski definition) is 1. The second-order valence-corrected chi connectivity index (χ2v) is 5.47. The fraction of sp³-hybridized carbons (Fsp3) is 0.714. The van der Waals surface area contributed by atoms with E-state index in [9.17, 15) is 10.1 Å². The van der Waals surface area contributed by atoms with Crippen molar-refractivity contribution in [1.29, 1.82) is 0 Å². The maximum absolute atomic E-state index is 11.5. The van der Waals surface area contributed by atoms with Crippen molar-refractivity contribution in [2.45, 2.75) is 58.5 Å². The Morgan fingerprint density at radius 3 is 2.81 bits per heavy atom. The van der Waals surface area contributed by atoms with Gasteiger partial charge in [0.1, 0.15) is 6.33 Å². The molecular formula is C14H23N5O2. The first kappa shape index (κ1) is 15.5. The molecule has 1 saturated heterocycles. The van der Waals surface area contributed by atoms with Crippen molar-refractivity contribution in [3.8, 4) is 0 Å². The summed E-state index contributed by atoms with van der Waals surface area (Å²) in [6, 6.07) is 0.579. The Labute approximate surface area is 124 Å². The lowest BCUT2D eigenvalue weighted by molar-refractivity contribution is -0.383. The molecule has 2 unspecified atom stereocenters. The summed E-state index contributed by atoms with van der Waals surface area (Å²) in [6.45, 7) is 6.88. The van der Waals surface area contributed by atoms with E-state index in [0.717, 1.165) is 25.7 Å². The van der Waals surface area contributed by atoms with Crippen LogP contribution in [0.3, 0.4) is 0 Å². The van der Waals surface area contributed by atoms with E-state index in [1.165, 1.54) is 6.33 Å². The normalized spacial score (nSPS) is 21.6. The van der Waals surface area contributed by atoms with Gasteiger partial charge in [0.05, 0.1) is 4.92 Å². The second kappa shape index (κ2) is 6.69. The number of nitrogens with zero attached hydrogens (tertiary/aromatic N) is 4. The number of rotatable bonds is 6. The lowest BCUT2D eigenvalue weighted by Crippen LogP contribution is -2.35. The Morgan fingerprint density at radius 1 is 1.43 bits per heavy atom. The minimum Gasteiger partial charge on any atom is -0.364 e. The zero-order valence-electron chi connectivity index (χ0n) is 12.9. The van der Waals surface area contributed by atoms with Gasteiger partial charge in [0, 0.05) is 18.6 Å². The summed E-state index contributed by atoms with van der Waals surface area (Å²) in [5, 5.41) is 14.6. The van der Waals surface area contributed by atoms with Crippen LogP contribution in [-0.2, 0) is 0 Å². The molecule has 2 atom stereocenters. The van der Waals surface area contributed by atoms with Crippen molar-refractivity contribution in [3.63, 3.8) is 0 Å². The molecule has 0 aromatic carbocycles. The number of nitro groups is 1. The van der Waals surface area contributed by atoms with Gasteiger partial charge < -0.3 is 10.2 Å². The van der Waals surface area contributed by atoms with Gasteiger partial charge in [-0.05, 0) is 32.6 Å². The predicted molar refractivity (Wildman–Crippen MR) is 82.7 cm³/mol. The maximum Gasteiger partial charge on any atom is 0.353 e. The quantitative estimate of drug-likeness (QED) is 0.641. The zero-order chi connectivity index (χ0) is 15.4. The molecular weight excluding hydrogens is 270 g/mol. The van der Waals surface area contributed by atoms with E-state index in [1.807, 2.05) is 6.92 Å². The van der Waals surface area contributed by atoms with Gasteiger partial charge in [-0.3, -0.25) is 10.1 Å². The first-order valence-electron chi connectivity index (χ1n) is 7.61. The average molecular weight is 293 g/mol. The molecule has 21 heavy (non-hydrogen) atoms. The topological polar surface area (TPSA) is 84.2 Å². The molecule has 0 aliphatic carbocycles. The van der Waals surface area contributed by atoms with Gasteiger partial charge in [-0.2, -0.15) is 0 Å².